The molecular weight excluding hydrogens is 265 g/mol. The Bertz CT molecular complexity index is 254. The number of rotatable bonds is 7. The Morgan fingerprint density at radius 2 is 1.75 bits per heavy atom. The number of likely N-dealkylation sites (tertiary alicyclic amines) is 1. The van der Waals surface area contributed by atoms with Gasteiger partial charge in [-0.05, 0) is 45.3 Å². The van der Waals surface area contributed by atoms with Gasteiger partial charge in [-0.2, -0.15) is 13.2 Å². The van der Waals surface area contributed by atoms with Crippen LogP contribution < -0.4 is 5.32 Å². The number of alkyl halides is 3. The van der Waals surface area contributed by atoms with Gasteiger partial charge in [-0.1, -0.05) is 27.2 Å². The molecule has 0 spiro atoms. The summed E-state index contributed by atoms with van der Waals surface area (Å²) in [5.41, 5.74) is 0. The first-order valence-corrected chi connectivity index (χ1v) is 7.98. The number of hydrogen-bond donors (Lipinski definition) is 1. The largest absolute Gasteiger partial charge is 0.391 e. The second-order valence-electron chi connectivity index (χ2n) is 5.78. The van der Waals surface area contributed by atoms with E-state index in [2.05, 4.69) is 31.0 Å². The lowest BCUT2D eigenvalue weighted by molar-refractivity contribution is -0.186. The van der Waals surface area contributed by atoms with Crippen LogP contribution in [0, 0.1) is 5.92 Å². The summed E-state index contributed by atoms with van der Waals surface area (Å²) >= 11 is 0. The van der Waals surface area contributed by atoms with Crippen LogP contribution in [0.3, 0.4) is 0 Å². The van der Waals surface area contributed by atoms with Crippen molar-refractivity contribution in [3.8, 4) is 0 Å². The van der Waals surface area contributed by atoms with Crippen LogP contribution in [-0.4, -0.2) is 42.8 Å². The van der Waals surface area contributed by atoms with E-state index in [-0.39, 0.29) is 12.8 Å². The fraction of sp³-hybridized carbons (Fsp3) is 1.00. The third kappa shape index (κ3) is 4.92. The first-order chi connectivity index (χ1) is 9.43. The van der Waals surface area contributed by atoms with Crippen molar-refractivity contribution < 1.29 is 13.2 Å². The number of likely N-dealkylation sites (N-methyl/N-ethyl adjacent to an activating group) is 1. The highest BCUT2D eigenvalue weighted by molar-refractivity contribution is 4.87. The monoisotopic (exact) mass is 294 g/mol. The van der Waals surface area contributed by atoms with Gasteiger partial charge in [-0.15, -0.1) is 0 Å². The summed E-state index contributed by atoms with van der Waals surface area (Å²) in [5.74, 6) is -1.10. The highest BCUT2D eigenvalue weighted by Crippen LogP contribution is 2.35. The van der Waals surface area contributed by atoms with Crippen LogP contribution in [0.5, 0.6) is 0 Å². The Kier molecular flexibility index (Phi) is 7.30. The van der Waals surface area contributed by atoms with Crippen molar-refractivity contribution in [2.24, 2.45) is 5.92 Å². The van der Waals surface area contributed by atoms with Crippen LogP contribution in [0.15, 0.2) is 0 Å². The van der Waals surface area contributed by atoms with Crippen LogP contribution in [0.25, 0.3) is 0 Å². The minimum atomic E-state index is -4.02. The molecule has 0 radical (unpaired) electrons. The van der Waals surface area contributed by atoms with E-state index in [4.69, 9.17) is 0 Å². The molecule has 1 saturated heterocycles. The van der Waals surface area contributed by atoms with E-state index in [1.165, 1.54) is 0 Å². The Morgan fingerprint density at radius 3 is 2.15 bits per heavy atom. The third-order valence-corrected chi connectivity index (χ3v) is 4.41. The quantitative estimate of drug-likeness (QED) is 0.768. The van der Waals surface area contributed by atoms with Gasteiger partial charge in [0.05, 0.1) is 5.92 Å². The molecule has 2 atom stereocenters. The molecule has 20 heavy (non-hydrogen) atoms. The lowest BCUT2D eigenvalue weighted by Gasteiger charge is -2.41. The van der Waals surface area contributed by atoms with Crippen molar-refractivity contribution in [3.63, 3.8) is 0 Å². The van der Waals surface area contributed by atoms with E-state index in [1.54, 1.807) is 0 Å². The second-order valence-corrected chi connectivity index (χ2v) is 5.78. The molecule has 0 aromatic carbocycles. The summed E-state index contributed by atoms with van der Waals surface area (Å²) in [7, 11) is 0. The summed E-state index contributed by atoms with van der Waals surface area (Å²) < 4.78 is 38.2. The molecule has 0 saturated carbocycles. The van der Waals surface area contributed by atoms with Crippen LogP contribution in [0.4, 0.5) is 13.2 Å². The first kappa shape index (κ1) is 17.8. The normalized spacial score (nSPS) is 21.9. The molecule has 1 fully saturated rings. The average Bonchev–Trinajstić information content (AvgIpc) is 2.39. The molecule has 1 aliphatic rings. The smallest absolute Gasteiger partial charge is 0.313 e. The predicted octanol–water partition coefficient (Wildman–Crippen LogP) is 3.82. The molecular formula is C15H29F3N2. The predicted molar refractivity (Wildman–Crippen MR) is 76.8 cm³/mol. The number of piperidine rings is 1. The maximum Gasteiger partial charge on any atom is 0.391 e. The molecule has 120 valence electrons. The lowest BCUT2D eigenvalue weighted by Crippen LogP contribution is -2.53. The molecule has 1 aliphatic heterocycles. The van der Waals surface area contributed by atoms with Crippen LogP contribution in [0.1, 0.15) is 52.9 Å². The summed E-state index contributed by atoms with van der Waals surface area (Å²) in [6.07, 6.45) is -0.318. The van der Waals surface area contributed by atoms with Gasteiger partial charge < -0.3 is 5.32 Å². The lowest BCUT2D eigenvalue weighted by atomic mass is 9.92. The average molecular weight is 294 g/mol. The maximum absolute atomic E-state index is 12.7. The SMILES string of the molecule is CCCC(NCC)C(CC)N1CCC(C(F)(F)F)CC1. The first-order valence-electron chi connectivity index (χ1n) is 7.98. The molecule has 2 nitrogen and oxygen atoms in total. The fourth-order valence-electron chi connectivity index (χ4n) is 3.36. The molecule has 0 amide bonds. The molecule has 2 unspecified atom stereocenters. The number of nitrogens with one attached hydrogen (secondary N) is 1. The van der Waals surface area contributed by atoms with Crippen molar-refractivity contribution in [2.45, 2.75) is 71.1 Å². The Labute approximate surface area is 121 Å². The van der Waals surface area contributed by atoms with Crippen molar-refractivity contribution >= 4 is 0 Å². The standard InChI is InChI=1S/C15H29F3N2/c1-4-7-13(19-6-3)14(5-2)20-10-8-12(9-11-20)15(16,17)18/h12-14,19H,4-11H2,1-3H3. The van der Waals surface area contributed by atoms with Crippen LogP contribution >= 0.6 is 0 Å². The van der Waals surface area contributed by atoms with Crippen LogP contribution in [-0.2, 0) is 0 Å². The topological polar surface area (TPSA) is 15.3 Å². The highest BCUT2D eigenvalue weighted by atomic mass is 19.4. The van der Waals surface area contributed by atoms with E-state index in [9.17, 15) is 13.2 Å². The summed E-state index contributed by atoms with van der Waals surface area (Å²) in [6.45, 7) is 8.46. The van der Waals surface area contributed by atoms with Gasteiger partial charge >= 0.3 is 6.18 Å². The maximum atomic E-state index is 12.7. The van der Waals surface area contributed by atoms with Crippen molar-refractivity contribution in [1.82, 2.24) is 10.2 Å². The van der Waals surface area contributed by atoms with E-state index >= 15 is 0 Å². The van der Waals surface area contributed by atoms with Gasteiger partial charge in [0.1, 0.15) is 0 Å². The molecule has 1 N–H and O–H groups in total. The molecule has 0 bridgehead atoms. The molecule has 0 aliphatic carbocycles. The van der Waals surface area contributed by atoms with Crippen LogP contribution in [0.2, 0.25) is 0 Å². The van der Waals surface area contributed by atoms with E-state index in [0.29, 0.717) is 25.2 Å². The summed E-state index contributed by atoms with van der Waals surface area (Å²) in [5, 5.41) is 3.51. The Balaban J connectivity index is 2.59. The van der Waals surface area contributed by atoms with Gasteiger partial charge in [0.25, 0.3) is 0 Å². The highest BCUT2D eigenvalue weighted by Gasteiger charge is 2.42. The second kappa shape index (κ2) is 8.23. The summed E-state index contributed by atoms with van der Waals surface area (Å²) in [6, 6.07) is 0.765. The number of hydrogen-bond acceptors (Lipinski definition) is 2. The molecule has 5 heteroatoms. The zero-order valence-electron chi connectivity index (χ0n) is 13.0. The Hall–Kier alpha value is -0.290. The number of nitrogens with zero attached hydrogens (tertiary/aromatic N) is 1. The molecule has 0 aromatic heterocycles. The fourth-order valence-corrected chi connectivity index (χ4v) is 3.36. The number of halogens is 3. The van der Waals surface area contributed by atoms with Crippen molar-refractivity contribution in [1.29, 1.82) is 0 Å². The van der Waals surface area contributed by atoms with Crippen molar-refractivity contribution in [3.05, 3.63) is 0 Å². The van der Waals surface area contributed by atoms with Gasteiger partial charge in [-0.25, -0.2) is 0 Å². The summed E-state index contributed by atoms with van der Waals surface area (Å²) in [4.78, 5) is 2.27. The molecule has 1 heterocycles. The Morgan fingerprint density at radius 1 is 1.15 bits per heavy atom. The van der Waals surface area contributed by atoms with Crippen molar-refractivity contribution in [2.75, 3.05) is 19.6 Å². The van der Waals surface area contributed by atoms with Gasteiger partial charge in [0.2, 0.25) is 0 Å². The third-order valence-electron chi connectivity index (χ3n) is 4.41. The van der Waals surface area contributed by atoms with E-state index < -0.39 is 12.1 Å². The minimum Gasteiger partial charge on any atom is -0.313 e. The zero-order valence-corrected chi connectivity index (χ0v) is 13.0. The zero-order chi connectivity index (χ0) is 15.2. The van der Waals surface area contributed by atoms with Gasteiger partial charge in [-0.3, -0.25) is 4.90 Å². The molecule has 0 aromatic rings. The van der Waals surface area contributed by atoms with E-state index in [1.807, 2.05) is 0 Å². The van der Waals surface area contributed by atoms with Gasteiger partial charge in [0.15, 0.2) is 0 Å². The molecule has 1 rings (SSSR count). The van der Waals surface area contributed by atoms with E-state index in [0.717, 1.165) is 25.8 Å². The minimum absolute atomic E-state index is 0.255. The van der Waals surface area contributed by atoms with Gasteiger partial charge in [0, 0.05) is 12.1 Å².